The van der Waals surface area contributed by atoms with Crippen LogP contribution >= 0.6 is 0 Å². The number of halogens is 6. The molecular weight excluding hydrogens is 534 g/mol. The summed E-state index contributed by atoms with van der Waals surface area (Å²) in [4.78, 5) is 32.4. The highest BCUT2D eigenvalue weighted by atomic mass is 19.4. The molecule has 0 aliphatic rings. The van der Waals surface area contributed by atoms with Gasteiger partial charge in [0, 0.05) is 24.0 Å². The van der Waals surface area contributed by atoms with Crippen LogP contribution in [0.25, 0.3) is 22.2 Å². The first-order valence-electron chi connectivity index (χ1n) is 11.3. The van der Waals surface area contributed by atoms with Crippen molar-refractivity contribution in [1.82, 2.24) is 24.7 Å². The van der Waals surface area contributed by atoms with Crippen molar-refractivity contribution in [2.24, 2.45) is 0 Å². The Hall–Kier alpha value is -4.43. The van der Waals surface area contributed by atoms with Crippen LogP contribution in [-0.2, 0) is 12.7 Å². The fourth-order valence-corrected chi connectivity index (χ4v) is 4.02. The summed E-state index contributed by atoms with van der Waals surface area (Å²) in [5.74, 6) is -1.62. The van der Waals surface area contributed by atoms with E-state index in [4.69, 9.17) is 4.74 Å². The van der Waals surface area contributed by atoms with Gasteiger partial charge >= 0.3 is 6.18 Å². The Morgan fingerprint density at radius 1 is 1.08 bits per heavy atom. The number of pyridine rings is 1. The molecule has 0 saturated heterocycles. The number of nitrogens with one attached hydrogen (secondary N) is 2. The number of hydrogen-bond donors (Lipinski definition) is 2. The van der Waals surface area contributed by atoms with Crippen molar-refractivity contribution in [2.45, 2.75) is 38.3 Å². The summed E-state index contributed by atoms with van der Waals surface area (Å²) < 4.78 is 90.0. The number of rotatable bonds is 8. The van der Waals surface area contributed by atoms with Gasteiger partial charge in [-0.15, -0.1) is 0 Å². The van der Waals surface area contributed by atoms with Crippen LogP contribution in [0, 0.1) is 11.6 Å². The van der Waals surface area contributed by atoms with E-state index in [-0.39, 0.29) is 22.2 Å². The summed E-state index contributed by atoms with van der Waals surface area (Å²) >= 11 is 0. The molecule has 0 saturated carbocycles. The molecule has 4 aromatic rings. The maximum Gasteiger partial charge on any atom is 0.423 e. The quantitative estimate of drug-likeness (QED) is 0.316. The van der Waals surface area contributed by atoms with Crippen molar-refractivity contribution in [3.63, 3.8) is 0 Å². The third kappa shape index (κ3) is 5.86. The SMILES string of the molecule is COc1cnc(-c2cc3c(F)cn(C[C@H](F)C[C@H](C)Nc4cn[nH]c(=O)c4C(F)(F)F)c(=O)c3cc2F)nc1. The normalized spacial score (nSPS) is 13.3. The molecule has 2 atom stereocenters. The molecule has 0 aliphatic heterocycles. The molecule has 0 spiro atoms. The van der Waals surface area contributed by atoms with Gasteiger partial charge in [-0.1, -0.05) is 0 Å². The van der Waals surface area contributed by atoms with Gasteiger partial charge in [-0.2, -0.15) is 18.3 Å². The van der Waals surface area contributed by atoms with Crippen molar-refractivity contribution >= 4 is 16.5 Å². The molecule has 206 valence electrons. The van der Waals surface area contributed by atoms with Crippen LogP contribution in [-0.4, -0.2) is 44.1 Å². The zero-order chi connectivity index (χ0) is 28.5. The van der Waals surface area contributed by atoms with E-state index >= 15 is 0 Å². The first-order valence-corrected chi connectivity index (χ1v) is 11.3. The molecule has 4 rings (SSSR count). The van der Waals surface area contributed by atoms with Crippen molar-refractivity contribution in [3.8, 4) is 17.1 Å². The van der Waals surface area contributed by atoms with Gasteiger partial charge in [-0.25, -0.2) is 28.2 Å². The molecule has 0 unspecified atom stereocenters. The lowest BCUT2D eigenvalue weighted by molar-refractivity contribution is -0.138. The maximum atomic E-state index is 14.9. The van der Waals surface area contributed by atoms with Crippen LogP contribution in [0.1, 0.15) is 18.9 Å². The molecule has 2 N–H and O–H groups in total. The average Bonchev–Trinajstić information content (AvgIpc) is 2.86. The fraction of sp³-hybridized carbons (Fsp3) is 0.292. The minimum atomic E-state index is -4.99. The van der Waals surface area contributed by atoms with Crippen LogP contribution in [0.3, 0.4) is 0 Å². The molecule has 0 radical (unpaired) electrons. The summed E-state index contributed by atoms with van der Waals surface area (Å²) in [7, 11) is 1.39. The Morgan fingerprint density at radius 3 is 2.41 bits per heavy atom. The van der Waals surface area contributed by atoms with Gasteiger partial charge in [0.05, 0.1) is 48.9 Å². The molecule has 3 heterocycles. The molecule has 0 fully saturated rings. The third-order valence-corrected chi connectivity index (χ3v) is 5.78. The Bertz CT molecular complexity index is 1620. The Balaban J connectivity index is 1.55. The number of methoxy groups -OCH3 is 1. The van der Waals surface area contributed by atoms with E-state index < -0.39 is 65.4 Å². The number of ether oxygens (including phenoxy) is 1. The predicted molar refractivity (Wildman–Crippen MR) is 128 cm³/mol. The second-order valence-electron chi connectivity index (χ2n) is 8.62. The summed E-state index contributed by atoms with van der Waals surface area (Å²) in [5, 5.41) is 6.82. The minimum absolute atomic E-state index is 0.0756. The Labute approximate surface area is 215 Å². The van der Waals surface area contributed by atoms with E-state index in [9.17, 15) is 35.9 Å². The Kier molecular flexibility index (Phi) is 7.60. The van der Waals surface area contributed by atoms with Crippen LogP contribution in [0.15, 0.2) is 46.5 Å². The van der Waals surface area contributed by atoms with Gasteiger partial charge in [0.1, 0.15) is 23.4 Å². The number of benzene rings is 1. The van der Waals surface area contributed by atoms with Crippen molar-refractivity contribution in [3.05, 3.63) is 74.8 Å². The first-order chi connectivity index (χ1) is 18.4. The summed E-state index contributed by atoms with van der Waals surface area (Å²) in [5.41, 5.74) is -4.68. The van der Waals surface area contributed by atoms with E-state index in [1.54, 1.807) is 5.10 Å². The lowest BCUT2D eigenvalue weighted by atomic mass is 10.1. The smallest absolute Gasteiger partial charge is 0.423 e. The first kappa shape index (κ1) is 27.6. The van der Waals surface area contributed by atoms with E-state index in [1.165, 1.54) is 26.4 Å². The highest BCUT2D eigenvalue weighted by Gasteiger charge is 2.37. The van der Waals surface area contributed by atoms with Gasteiger partial charge in [0.2, 0.25) is 0 Å². The molecule has 15 heteroatoms. The van der Waals surface area contributed by atoms with Gasteiger partial charge in [0.15, 0.2) is 11.6 Å². The van der Waals surface area contributed by atoms with Crippen LogP contribution in [0.5, 0.6) is 5.75 Å². The van der Waals surface area contributed by atoms with Crippen molar-refractivity contribution < 1.29 is 31.1 Å². The monoisotopic (exact) mass is 554 g/mol. The lowest BCUT2D eigenvalue weighted by Crippen LogP contribution is -2.30. The molecule has 9 nitrogen and oxygen atoms in total. The molecule has 0 amide bonds. The van der Waals surface area contributed by atoms with Crippen molar-refractivity contribution in [2.75, 3.05) is 12.4 Å². The number of nitrogens with zero attached hydrogens (tertiary/aromatic N) is 4. The number of aromatic amines is 1. The largest absolute Gasteiger partial charge is 0.494 e. The van der Waals surface area contributed by atoms with E-state index in [0.717, 1.165) is 24.5 Å². The fourth-order valence-electron chi connectivity index (χ4n) is 4.02. The summed E-state index contributed by atoms with van der Waals surface area (Å²) in [6.45, 7) is 0.693. The number of anilines is 1. The number of H-pyrrole nitrogens is 1. The predicted octanol–water partition coefficient (Wildman–Crippen LogP) is 4.08. The highest BCUT2D eigenvalue weighted by molar-refractivity contribution is 5.86. The van der Waals surface area contributed by atoms with E-state index in [0.29, 0.717) is 10.3 Å². The minimum Gasteiger partial charge on any atom is -0.494 e. The second-order valence-corrected chi connectivity index (χ2v) is 8.62. The average molecular weight is 554 g/mol. The van der Waals surface area contributed by atoms with E-state index in [2.05, 4.69) is 20.4 Å². The Morgan fingerprint density at radius 2 is 1.77 bits per heavy atom. The molecule has 39 heavy (non-hydrogen) atoms. The van der Waals surface area contributed by atoms with Gasteiger partial charge in [0.25, 0.3) is 11.1 Å². The molecule has 3 aromatic heterocycles. The molecule has 0 bridgehead atoms. The molecule has 0 aliphatic carbocycles. The zero-order valence-electron chi connectivity index (χ0n) is 20.3. The van der Waals surface area contributed by atoms with Crippen LogP contribution in [0.4, 0.5) is 32.0 Å². The molecule has 1 aromatic carbocycles. The summed E-state index contributed by atoms with van der Waals surface area (Å²) in [6.07, 6.45) is -3.16. The highest BCUT2D eigenvalue weighted by Crippen LogP contribution is 2.32. The summed E-state index contributed by atoms with van der Waals surface area (Å²) in [6, 6.07) is 0.923. The zero-order valence-corrected chi connectivity index (χ0v) is 20.3. The van der Waals surface area contributed by atoms with E-state index in [1.807, 2.05) is 0 Å². The lowest BCUT2D eigenvalue weighted by Gasteiger charge is -2.20. The van der Waals surface area contributed by atoms with Gasteiger partial charge in [-0.3, -0.25) is 9.59 Å². The van der Waals surface area contributed by atoms with Crippen LogP contribution in [0.2, 0.25) is 0 Å². The number of aromatic nitrogens is 5. The maximum absolute atomic E-state index is 14.9. The second kappa shape index (κ2) is 10.7. The topological polar surface area (TPSA) is 115 Å². The molecular formula is C24H20F6N6O3. The number of fused-ring (bicyclic) bond motifs is 1. The van der Waals surface area contributed by atoms with Crippen molar-refractivity contribution in [1.29, 1.82) is 0 Å². The standard InChI is InChI=1S/C24H20F6N6O3/c1-11(34-19-8-33-35-22(37)20(19)24(28,29)30)3-12(25)9-36-10-18(27)14-4-16(17(26)5-15(14)23(36)38)21-31-6-13(39-2)7-32-21/h4-8,10-12H,3,9H2,1-2H3,(H2,34,35,37)/t11-,12+/m0/s1. The number of alkyl halides is 4. The third-order valence-electron chi connectivity index (χ3n) is 5.78. The van der Waals surface area contributed by atoms with Crippen LogP contribution < -0.4 is 21.2 Å². The van der Waals surface area contributed by atoms with Gasteiger partial charge in [-0.05, 0) is 19.1 Å². The van der Waals surface area contributed by atoms with Gasteiger partial charge < -0.3 is 14.6 Å². The number of hydrogen-bond acceptors (Lipinski definition) is 7.